The molecule has 0 aromatic heterocycles. The van der Waals surface area contributed by atoms with Crippen LogP contribution in [0.3, 0.4) is 0 Å². The predicted octanol–water partition coefficient (Wildman–Crippen LogP) is 4.07. The lowest BCUT2D eigenvalue weighted by atomic mass is 10.0. The first kappa shape index (κ1) is 18.2. The van der Waals surface area contributed by atoms with Crippen LogP contribution in [0.25, 0.3) is 5.57 Å². The maximum absolute atomic E-state index is 6.03. The minimum Gasteiger partial charge on any atom is -0.378 e. The Morgan fingerprint density at radius 1 is 1.22 bits per heavy atom. The summed E-state index contributed by atoms with van der Waals surface area (Å²) in [5, 5.41) is 0.731. The number of likely N-dealkylation sites (N-methyl/N-ethyl adjacent to an activating group) is 1. The molecule has 1 fully saturated rings. The zero-order valence-corrected chi connectivity index (χ0v) is 15.9. The van der Waals surface area contributed by atoms with Crippen molar-refractivity contribution in [2.45, 2.75) is 26.3 Å². The molecule has 1 aromatic rings. The fourth-order valence-corrected chi connectivity index (χ4v) is 2.83. The molecule has 0 amide bonds. The lowest BCUT2D eigenvalue weighted by molar-refractivity contribution is 0.0596. The van der Waals surface area contributed by atoms with E-state index in [-0.39, 0.29) is 5.54 Å². The van der Waals surface area contributed by atoms with Crippen LogP contribution in [0.5, 0.6) is 0 Å². The Morgan fingerprint density at radius 2 is 1.78 bits per heavy atom. The van der Waals surface area contributed by atoms with E-state index in [2.05, 4.69) is 36.8 Å². The summed E-state index contributed by atoms with van der Waals surface area (Å²) in [6.45, 7) is 9.77. The predicted molar refractivity (Wildman–Crippen MR) is 102 cm³/mol. The first-order valence-corrected chi connectivity index (χ1v) is 8.65. The molecule has 0 radical (unpaired) electrons. The highest BCUT2D eigenvalue weighted by Gasteiger charge is 2.23. The summed E-state index contributed by atoms with van der Waals surface area (Å²) in [5.74, 6) is 0. The molecule has 1 aromatic carbocycles. The van der Waals surface area contributed by atoms with Gasteiger partial charge in [-0.25, -0.2) is 0 Å². The molecule has 1 saturated heterocycles. The number of ether oxygens (including phenoxy) is 1. The molecule has 0 aliphatic carbocycles. The van der Waals surface area contributed by atoms with Crippen LogP contribution in [0.2, 0.25) is 5.02 Å². The lowest BCUT2D eigenvalue weighted by Gasteiger charge is -2.36. The molecular weight excluding hydrogens is 328 g/mol. The van der Waals surface area contributed by atoms with Crippen LogP contribution in [-0.4, -0.2) is 53.7 Å². The van der Waals surface area contributed by atoms with Crippen LogP contribution in [0.4, 0.5) is 0 Å². The van der Waals surface area contributed by atoms with Crippen molar-refractivity contribution in [3.63, 3.8) is 0 Å². The van der Waals surface area contributed by atoms with Gasteiger partial charge in [-0.05, 0) is 38.5 Å². The second kappa shape index (κ2) is 7.65. The van der Waals surface area contributed by atoms with Crippen molar-refractivity contribution >= 4 is 34.4 Å². The average molecular weight is 353 g/mol. The van der Waals surface area contributed by atoms with Gasteiger partial charge in [0.25, 0.3) is 0 Å². The molecule has 0 N–H and O–H groups in total. The molecule has 0 saturated carbocycles. The smallest absolute Gasteiger partial charge is 0.111 e. The van der Waals surface area contributed by atoms with Crippen molar-refractivity contribution in [1.82, 2.24) is 9.80 Å². The van der Waals surface area contributed by atoms with Crippen molar-refractivity contribution in [3.8, 4) is 0 Å². The number of benzene rings is 1. The third-order valence-corrected chi connectivity index (χ3v) is 4.80. The van der Waals surface area contributed by atoms with E-state index in [0.717, 1.165) is 47.5 Å². The van der Waals surface area contributed by atoms with Gasteiger partial charge in [-0.15, -0.1) is 0 Å². The van der Waals surface area contributed by atoms with Gasteiger partial charge < -0.3 is 14.5 Å². The van der Waals surface area contributed by atoms with Crippen LogP contribution in [0.15, 0.2) is 30.5 Å². The number of hydrogen-bond acceptors (Lipinski definition) is 3. The monoisotopic (exact) mass is 352 g/mol. The molecule has 5 heteroatoms. The third-order valence-electron chi connectivity index (χ3n) is 4.05. The van der Waals surface area contributed by atoms with Gasteiger partial charge in [-0.2, -0.15) is 0 Å². The molecule has 1 aliphatic heterocycles. The van der Waals surface area contributed by atoms with Gasteiger partial charge in [-0.1, -0.05) is 36.0 Å². The summed E-state index contributed by atoms with van der Waals surface area (Å²) in [6, 6.07) is 7.86. The average Bonchev–Trinajstić information content (AvgIpc) is 2.52. The van der Waals surface area contributed by atoms with Crippen molar-refractivity contribution in [2.75, 3.05) is 33.4 Å². The highest BCUT2D eigenvalue weighted by molar-refractivity contribution is 7.81. The molecule has 1 aliphatic rings. The van der Waals surface area contributed by atoms with Crippen LogP contribution in [-0.2, 0) is 4.74 Å². The van der Waals surface area contributed by atoms with Gasteiger partial charge in [0.05, 0.1) is 13.2 Å². The van der Waals surface area contributed by atoms with Gasteiger partial charge >= 0.3 is 0 Å². The number of halogens is 1. The summed E-state index contributed by atoms with van der Waals surface area (Å²) < 4.78 is 5.43. The first-order valence-electron chi connectivity index (χ1n) is 7.87. The Bertz CT molecular complexity index is 572. The number of nitrogens with zero attached hydrogens (tertiary/aromatic N) is 2. The Kier molecular flexibility index (Phi) is 6.06. The van der Waals surface area contributed by atoms with Gasteiger partial charge in [0.1, 0.15) is 4.99 Å². The van der Waals surface area contributed by atoms with E-state index in [1.807, 2.05) is 31.3 Å². The van der Waals surface area contributed by atoms with Crippen LogP contribution >= 0.6 is 23.8 Å². The number of hydrogen-bond donors (Lipinski definition) is 0. The maximum Gasteiger partial charge on any atom is 0.111 e. The van der Waals surface area contributed by atoms with Gasteiger partial charge in [0.15, 0.2) is 0 Å². The largest absolute Gasteiger partial charge is 0.378 e. The summed E-state index contributed by atoms with van der Waals surface area (Å²) in [7, 11) is 2.05. The van der Waals surface area contributed by atoms with E-state index in [9.17, 15) is 0 Å². The molecule has 0 atom stereocenters. The molecular formula is C18H25ClN2OS. The van der Waals surface area contributed by atoms with E-state index >= 15 is 0 Å². The Hall–Kier alpha value is -1.10. The van der Waals surface area contributed by atoms with Crippen LogP contribution < -0.4 is 0 Å². The van der Waals surface area contributed by atoms with E-state index in [1.54, 1.807) is 0 Å². The highest BCUT2D eigenvalue weighted by Crippen LogP contribution is 2.25. The first-order chi connectivity index (χ1) is 10.8. The second-order valence-electron chi connectivity index (χ2n) is 6.73. The molecule has 0 spiro atoms. The highest BCUT2D eigenvalue weighted by atomic mass is 35.5. The maximum atomic E-state index is 6.03. The fraction of sp³-hybridized carbons (Fsp3) is 0.500. The van der Waals surface area contributed by atoms with Crippen molar-refractivity contribution in [2.24, 2.45) is 0 Å². The summed E-state index contributed by atoms with van der Waals surface area (Å²) >= 11 is 11.8. The van der Waals surface area contributed by atoms with E-state index in [4.69, 9.17) is 28.6 Å². The van der Waals surface area contributed by atoms with E-state index in [1.165, 1.54) is 0 Å². The number of thiocarbonyl (C=S) groups is 1. The zero-order chi connectivity index (χ0) is 17.0. The van der Waals surface area contributed by atoms with Crippen molar-refractivity contribution in [1.29, 1.82) is 0 Å². The molecule has 0 unspecified atom stereocenters. The SMILES string of the molecule is CN(C(=S)C(=CN1CCOCC1)c1ccc(Cl)cc1)C(C)(C)C. The zero-order valence-electron chi connectivity index (χ0n) is 14.3. The number of morpholine rings is 1. The third kappa shape index (κ3) is 4.93. The summed E-state index contributed by atoms with van der Waals surface area (Å²) in [4.78, 5) is 5.26. The van der Waals surface area contributed by atoms with Gasteiger partial charge in [0, 0.05) is 42.5 Å². The van der Waals surface area contributed by atoms with Crippen molar-refractivity contribution < 1.29 is 4.74 Å². The molecule has 23 heavy (non-hydrogen) atoms. The minimum absolute atomic E-state index is 0.0341. The van der Waals surface area contributed by atoms with Gasteiger partial charge in [0.2, 0.25) is 0 Å². The Balaban J connectivity index is 2.36. The minimum atomic E-state index is -0.0341. The molecule has 0 bridgehead atoms. The van der Waals surface area contributed by atoms with E-state index in [0.29, 0.717) is 0 Å². The topological polar surface area (TPSA) is 15.7 Å². The molecule has 2 rings (SSSR count). The van der Waals surface area contributed by atoms with E-state index < -0.39 is 0 Å². The molecule has 3 nitrogen and oxygen atoms in total. The quantitative estimate of drug-likeness (QED) is 0.601. The standard InChI is InChI=1S/C18H25ClN2OS/c1-18(2,3)20(4)17(23)16(13-21-9-11-22-12-10-21)14-5-7-15(19)8-6-14/h5-8,13H,9-12H2,1-4H3. The summed E-state index contributed by atoms with van der Waals surface area (Å²) in [5.41, 5.74) is 2.10. The van der Waals surface area contributed by atoms with Gasteiger partial charge in [-0.3, -0.25) is 0 Å². The normalized spacial score (nSPS) is 16.4. The van der Waals surface area contributed by atoms with Crippen molar-refractivity contribution in [3.05, 3.63) is 41.1 Å². The Labute approximate surface area is 149 Å². The number of rotatable bonds is 3. The fourth-order valence-electron chi connectivity index (χ4n) is 2.26. The van der Waals surface area contributed by atoms with Crippen LogP contribution in [0, 0.1) is 0 Å². The summed E-state index contributed by atoms with van der Waals surface area (Å²) in [6.07, 6.45) is 2.16. The molecule has 126 valence electrons. The molecule has 1 heterocycles. The Morgan fingerprint density at radius 3 is 2.30 bits per heavy atom. The van der Waals surface area contributed by atoms with Crippen LogP contribution in [0.1, 0.15) is 26.3 Å². The lowest BCUT2D eigenvalue weighted by Crippen LogP contribution is -2.42. The second-order valence-corrected chi connectivity index (χ2v) is 7.56.